The number of alkyl halides is 3. The van der Waals surface area contributed by atoms with Gasteiger partial charge in [-0.25, -0.2) is 0 Å². The molecule has 0 atom stereocenters. The van der Waals surface area contributed by atoms with E-state index in [9.17, 15) is 13.2 Å². The van der Waals surface area contributed by atoms with Crippen molar-refractivity contribution in [3.05, 3.63) is 29.8 Å². The smallest absolute Gasteiger partial charge is 0.312 e. The third-order valence-corrected chi connectivity index (χ3v) is 1.90. The van der Waals surface area contributed by atoms with Crippen molar-refractivity contribution < 1.29 is 13.2 Å². The minimum Gasteiger partial charge on any atom is -0.312 e. The van der Waals surface area contributed by atoms with Crippen molar-refractivity contribution in [2.24, 2.45) is 0 Å². The Bertz CT molecular complexity index is 325. The molecule has 18 heavy (non-hydrogen) atoms. The molecule has 1 rings (SSSR count). The van der Waals surface area contributed by atoms with Gasteiger partial charge in [0.15, 0.2) is 0 Å². The van der Waals surface area contributed by atoms with E-state index in [4.69, 9.17) is 7.85 Å². The SMILES string of the molecule is CC(C)NC(C)C.[B]c1ccc(C(F)(F)F)cc1. The fraction of sp³-hybridized carbons (Fsp3) is 0.538. The van der Waals surface area contributed by atoms with Crippen molar-refractivity contribution in [1.29, 1.82) is 0 Å². The van der Waals surface area contributed by atoms with Gasteiger partial charge in [0.05, 0.1) is 5.56 Å². The lowest BCUT2D eigenvalue weighted by molar-refractivity contribution is -0.137. The van der Waals surface area contributed by atoms with Gasteiger partial charge in [-0.1, -0.05) is 57.4 Å². The zero-order valence-electron chi connectivity index (χ0n) is 11.2. The Balaban J connectivity index is 0.000000360. The Morgan fingerprint density at radius 2 is 1.33 bits per heavy atom. The molecule has 0 aliphatic rings. The number of halogens is 3. The van der Waals surface area contributed by atoms with Crippen LogP contribution in [0.1, 0.15) is 33.3 Å². The molecule has 0 unspecified atom stereocenters. The number of rotatable bonds is 2. The highest BCUT2D eigenvalue weighted by molar-refractivity contribution is 6.32. The maximum absolute atomic E-state index is 11.9. The first-order valence-corrected chi connectivity index (χ1v) is 5.81. The molecule has 1 aromatic carbocycles. The molecule has 100 valence electrons. The molecule has 1 nitrogen and oxygen atoms in total. The van der Waals surface area contributed by atoms with Gasteiger partial charge >= 0.3 is 6.18 Å². The minimum absolute atomic E-state index is 0.331. The van der Waals surface area contributed by atoms with Gasteiger partial charge in [0.1, 0.15) is 7.85 Å². The molecule has 0 aliphatic carbocycles. The summed E-state index contributed by atoms with van der Waals surface area (Å²) in [5.74, 6) is 0. The van der Waals surface area contributed by atoms with E-state index in [0.29, 0.717) is 17.5 Å². The normalized spacial score (nSPS) is 11.4. The second-order valence-electron chi connectivity index (χ2n) is 4.60. The molecule has 1 aromatic rings. The highest BCUT2D eigenvalue weighted by Crippen LogP contribution is 2.27. The van der Waals surface area contributed by atoms with Gasteiger partial charge in [-0.3, -0.25) is 0 Å². The van der Waals surface area contributed by atoms with Crippen molar-refractivity contribution in [3.8, 4) is 0 Å². The van der Waals surface area contributed by atoms with Crippen molar-refractivity contribution in [1.82, 2.24) is 5.32 Å². The summed E-state index contributed by atoms with van der Waals surface area (Å²) in [6, 6.07) is 5.61. The van der Waals surface area contributed by atoms with Gasteiger partial charge in [0, 0.05) is 12.1 Å². The molecule has 0 saturated carbocycles. The Morgan fingerprint density at radius 1 is 0.944 bits per heavy atom. The van der Waals surface area contributed by atoms with Gasteiger partial charge in [-0.2, -0.15) is 13.2 Å². The van der Waals surface area contributed by atoms with E-state index >= 15 is 0 Å². The molecule has 0 fully saturated rings. The van der Waals surface area contributed by atoms with E-state index in [1.807, 2.05) is 0 Å². The van der Waals surface area contributed by atoms with Crippen LogP contribution in [0.15, 0.2) is 24.3 Å². The second kappa shape index (κ2) is 7.47. The van der Waals surface area contributed by atoms with E-state index in [-0.39, 0.29) is 0 Å². The molecule has 5 heteroatoms. The topological polar surface area (TPSA) is 12.0 Å². The van der Waals surface area contributed by atoms with Crippen LogP contribution in [0, 0.1) is 0 Å². The van der Waals surface area contributed by atoms with Crippen LogP contribution in [0.2, 0.25) is 0 Å². The predicted octanol–water partition coefficient (Wildman–Crippen LogP) is 2.89. The third-order valence-electron chi connectivity index (χ3n) is 1.90. The van der Waals surface area contributed by atoms with Crippen LogP contribution in [-0.2, 0) is 6.18 Å². The van der Waals surface area contributed by atoms with Gasteiger partial charge in [0.2, 0.25) is 0 Å². The Morgan fingerprint density at radius 3 is 1.56 bits per heavy atom. The molecule has 0 heterocycles. The average Bonchev–Trinajstić information content (AvgIpc) is 2.15. The lowest BCUT2D eigenvalue weighted by Gasteiger charge is -2.10. The Hall–Kier alpha value is -0.965. The molecule has 0 bridgehead atoms. The fourth-order valence-electron chi connectivity index (χ4n) is 1.34. The maximum atomic E-state index is 11.9. The van der Waals surface area contributed by atoms with Crippen molar-refractivity contribution >= 4 is 13.3 Å². The van der Waals surface area contributed by atoms with Crippen LogP contribution >= 0.6 is 0 Å². The van der Waals surface area contributed by atoms with Crippen LogP contribution in [0.4, 0.5) is 13.2 Å². The quantitative estimate of drug-likeness (QED) is 0.803. The first-order chi connectivity index (χ1) is 8.12. The number of hydrogen-bond acceptors (Lipinski definition) is 1. The zero-order valence-corrected chi connectivity index (χ0v) is 11.2. The standard InChI is InChI=1S/C7H4BF3.C6H15N/c8-6-3-1-5(2-4-6)7(9,10)11;1-5(2)7-6(3)4/h1-4H;5-7H,1-4H3. The molecule has 0 spiro atoms. The van der Waals surface area contributed by atoms with E-state index in [1.165, 1.54) is 12.1 Å². The highest BCUT2D eigenvalue weighted by Gasteiger charge is 2.29. The first-order valence-electron chi connectivity index (χ1n) is 5.81. The van der Waals surface area contributed by atoms with Crippen molar-refractivity contribution in [2.75, 3.05) is 0 Å². The number of hydrogen-bond donors (Lipinski definition) is 1. The summed E-state index contributed by atoms with van der Waals surface area (Å²) in [5, 5.41) is 3.31. The van der Waals surface area contributed by atoms with E-state index in [0.717, 1.165) is 12.1 Å². The number of benzene rings is 1. The summed E-state index contributed by atoms with van der Waals surface area (Å²) in [7, 11) is 5.20. The monoisotopic (exact) mass is 257 g/mol. The summed E-state index contributed by atoms with van der Waals surface area (Å²) in [6.45, 7) is 8.61. The largest absolute Gasteiger partial charge is 0.416 e. The number of nitrogens with one attached hydrogen (secondary N) is 1. The highest BCUT2D eigenvalue weighted by atomic mass is 19.4. The van der Waals surface area contributed by atoms with Crippen LogP contribution in [0.25, 0.3) is 0 Å². The van der Waals surface area contributed by atoms with E-state index < -0.39 is 11.7 Å². The fourth-order valence-corrected chi connectivity index (χ4v) is 1.34. The third kappa shape index (κ3) is 8.17. The van der Waals surface area contributed by atoms with Gasteiger partial charge < -0.3 is 5.32 Å². The van der Waals surface area contributed by atoms with Crippen LogP contribution in [0.5, 0.6) is 0 Å². The maximum Gasteiger partial charge on any atom is 0.416 e. The predicted molar refractivity (Wildman–Crippen MR) is 70.2 cm³/mol. The summed E-state index contributed by atoms with van der Waals surface area (Å²) < 4.78 is 35.6. The lowest BCUT2D eigenvalue weighted by atomic mass is 9.95. The van der Waals surface area contributed by atoms with Crippen molar-refractivity contribution in [3.63, 3.8) is 0 Å². The Kier molecular flexibility index (Phi) is 7.07. The van der Waals surface area contributed by atoms with Gasteiger partial charge in [0.25, 0.3) is 0 Å². The van der Waals surface area contributed by atoms with Gasteiger partial charge in [-0.05, 0) is 0 Å². The molecule has 0 amide bonds. The van der Waals surface area contributed by atoms with Crippen LogP contribution in [-0.4, -0.2) is 19.9 Å². The van der Waals surface area contributed by atoms with Gasteiger partial charge in [-0.15, -0.1) is 0 Å². The molecule has 1 N–H and O–H groups in total. The lowest BCUT2D eigenvalue weighted by Crippen LogP contribution is -2.29. The molecular formula is C13H19BF3N. The van der Waals surface area contributed by atoms with E-state index in [2.05, 4.69) is 33.0 Å². The molecule has 0 aromatic heterocycles. The molecule has 0 aliphatic heterocycles. The van der Waals surface area contributed by atoms with Crippen LogP contribution in [0.3, 0.4) is 0 Å². The van der Waals surface area contributed by atoms with E-state index in [1.54, 1.807) is 0 Å². The molecular weight excluding hydrogens is 238 g/mol. The Labute approximate surface area is 108 Å². The summed E-state index contributed by atoms with van der Waals surface area (Å²) in [4.78, 5) is 0. The molecule has 0 saturated heterocycles. The average molecular weight is 257 g/mol. The molecule has 2 radical (unpaired) electrons. The summed E-state index contributed by atoms with van der Waals surface area (Å²) in [5.41, 5.74) is -0.343. The van der Waals surface area contributed by atoms with Crippen LogP contribution < -0.4 is 10.8 Å². The first kappa shape index (κ1) is 17.0. The second-order valence-corrected chi connectivity index (χ2v) is 4.60. The zero-order chi connectivity index (χ0) is 14.3. The minimum atomic E-state index is -4.27. The summed E-state index contributed by atoms with van der Waals surface area (Å²) >= 11 is 0. The van der Waals surface area contributed by atoms with Crippen molar-refractivity contribution in [2.45, 2.75) is 46.0 Å². The summed E-state index contributed by atoms with van der Waals surface area (Å²) in [6.07, 6.45) is -4.27.